The highest BCUT2D eigenvalue weighted by atomic mass is 16.5. The van der Waals surface area contributed by atoms with E-state index in [1.54, 1.807) is 14.2 Å². The molecule has 0 aromatic rings. The average molecular weight is 154 g/mol. The molecule has 0 saturated heterocycles. The van der Waals surface area contributed by atoms with Crippen molar-refractivity contribution in [3.63, 3.8) is 0 Å². The minimum Gasteiger partial charge on any atom is -0.497 e. The monoisotopic (exact) mass is 154 g/mol. The Morgan fingerprint density at radius 3 is 2.55 bits per heavy atom. The molecule has 2 unspecified atom stereocenters. The number of hydrogen-bond donors (Lipinski definition) is 0. The van der Waals surface area contributed by atoms with Crippen molar-refractivity contribution in [1.29, 1.82) is 0 Å². The summed E-state index contributed by atoms with van der Waals surface area (Å²) in [6.07, 6.45) is 6.22. The van der Waals surface area contributed by atoms with Gasteiger partial charge in [0.2, 0.25) is 0 Å². The van der Waals surface area contributed by atoms with Crippen LogP contribution in [0.3, 0.4) is 0 Å². The molecule has 1 aliphatic carbocycles. The first-order valence-corrected chi connectivity index (χ1v) is 3.74. The van der Waals surface area contributed by atoms with Gasteiger partial charge in [-0.05, 0) is 12.2 Å². The zero-order valence-electron chi connectivity index (χ0n) is 7.20. The van der Waals surface area contributed by atoms with Crippen LogP contribution in [0.1, 0.15) is 6.92 Å². The van der Waals surface area contributed by atoms with E-state index in [-0.39, 0.29) is 6.10 Å². The van der Waals surface area contributed by atoms with E-state index in [1.165, 1.54) is 0 Å². The summed E-state index contributed by atoms with van der Waals surface area (Å²) >= 11 is 0. The third kappa shape index (κ3) is 1.84. The summed E-state index contributed by atoms with van der Waals surface area (Å²) in [5.41, 5.74) is 0. The zero-order valence-corrected chi connectivity index (χ0v) is 7.20. The molecule has 0 amide bonds. The Labute approximate surface area is 67.5 Å². The van der Waals surface area contributed by atoms with Crippen molar-refractivity contribution in [3.05, 3.63) is 24.0 Å². The molecular formula is C9H14O2. The Morgan fingerprint density at radius 2 is 2.09 bits per heavy atom. The molecule has 1 aliphatic rings. The highest BCUT2D eigenvalue weighted by Crippen LogP contribution is 2.18. The van der Waals surface area contributed by atoms with Crippen LogP contribution in [0.5, 0.6) is 0 Å². The quantitative estimate of drug-likeness (QED) is 0.603. The van der Waals surface area contributed by atoms with Gasteiger partial charge < -0.3 is 9.47 Å². The van der Waals surface area contributed by atoms with Gasteiger partial charge in [0.15, 0.2) is 0 Å². The second-order valence-electron chi connectivity index (χ2n) is 2.69. The first-order valence-electron chi connectivity index (χ1n) is 3.74. The molecule has 0 fully saturated rings. The summed E-state index contributed by atoms with van der Waals surface area (Å²) in [4.78, 5) is 0. The second kappa shape index (κ2) is 3.58. The van der Waals surface area contributed by atoms with E-state index < -0.39 is 0 Å². The summed E-state index contributed by atoms with van der Waals surface area (Å²) in [6.45, 7) is 2.11. The Hall–Kier alpha value is -0.760. The maximum atomic E-state index is 5.21. The van der Waals surface area contributed by atoms with Gasteiger partial charge in [0.05, 0.1) is 13.2 Å². The molecule has 0 saturated carbocycles. The number of hydrogen-bond acceptors (Lipinski definition) is 2. The smallest absolute Gasteiger partial charge is 0.115 e. The molecule has 0 aromatic heterocycles. The molecule has 0 aromatic carbocycles. The Morgan fingerprint density at radius 1 is 1.36 bits per heavy atom. The number of methoxy groups -OCH3 is 2. The summed E-state index contributed by atoms with van der Waals surface area (Å²) < 4.78 is 10.3. The van der Waals surface area contributed by atoms with E-state index in [9.17, 15) is 0 Å². The molecular weight excluding hydrogens is 140 g/mol. The molecule has 2 heteroatoms. The summed E-state index contributed by atoms with van der Waals surface area (Å²) in [6, 6.07) is 0. The van der Waals surface area contributed by atoms with Crippen molar-refractivity contribution in [2.24, 2.45) is 5.92 Å². The first kappa shape index (κ1) is 8.34. The fourth-order valence-corrected chi connectivity index (χ4v) is 1.20. The van der Waals surface area contributed by atoms with Crippen LogP contribution >= 0.6 is 0 Å². The van der Waals surface area contributed by atoms with Gasteiger partial charge in [-0.15, -0.1) is 0 Å². The molecule has 1 rings (SSSR count). The standard InChI is InChI=1S/C9H14O2/c1-7-6-8(10-2)4-5-9(7)11-3/h4-7,9H,1-3H3. The highest BCUT2D eigenvalue weighted by molar-refractivity contribution is 5.21. The van der Waals surface area contributed by atoms with Gasteiger partial charge in [-0.1, -0.05) is 13.0 Å². The molecule has 2 nitrogen and oxygen atoms in total. The lowest BCUT2D eigenvalue weighted by molar-refractivity contribution is 0.108. The van der Waals surface area contributed by atoms with E-state index in [1.807, 2.05) is 12.2 Å². The molecule has 0 spiro atoms. The second-order valence-corrected chi connectivity index (χ2v) is 2.69. The molecule has 2 atom stereocenters. The van der Waals surface area contributed by atoms with Gasteiger partial charge in [-0.2, -0.15) is 0 Å². The third-order valence-electron chi connectivity index (χ3n) is 1.90. The molecule has 0 heterocycles. The number of rotatable bonds is 2. The van der Waals surface area contributed by atoms with Crippen molar-refractivity contribution in [3.8, 4) is 0 Å². The van der Waals surface area contributed by atoms with Crippen molar-refractivity contribution in [2.75, 3.05) is 14.2 Å². The summed E-state index contributed by atoms with van der Waals surface area (Å²) in [5, 5.41) is 0. The van der Waals surface area contributed by atoms with Gasteiger partial charge in [0, 0.05) is 13.0 Å². The van der Waals surface area contributed by atoms with Crippen molar-refractivity contribution < 1.29 is 9.47 Å². The van der Waals surface area contributed by atoms with Crippen molar-refractivity contribution in [1.82, 2.24) is 0 Å². The van der Waals surface area contributed by atoms with Crippen LogP contribution in [0.4, 0.5) is 0 Å². The first-order chi connectivity index (χ1) is 5.27. The lowest BCUT2D eigenvalue weighted by Crippen LogP contribution is -2.19. The van der Waals surface area contributed by atoms with E-state index in [0.717, 1.165) is 5.76 Å². The van der Waals surface area contributed by atoms with E-state index in [0.29, 0.717) is 5.92 Å². The van der Waals surface area contributed by atoms with Crippen LogP contribution in [0, 0.1) is 5.92 Å². The lowest BCUT2D eigenvalue weighted by atomic mass is 9.99. The largest absolute Gasteiger partial charge is 0.497 e. The lowest BCUT2D eigenvalue weighted by Gasteiger charge is -2.20. The molecule has 11 heavy (non-hydrogen) atoms. The molecule has 62 valence electrons. The predicted molar refractivity (Wildman–Crippen MR) is 44.2 cm³/mol. The van der Waals surface area contributed by atoms with E-state index in [4.69, 9.17) is 9.47 Å². The molecule has 0 aliphatic heterocycles. The fraction of sp³-hybridized carbons (Fsp3) is 0.556. The summed E-state index contributed by atoms with van der Waals surface area (Å²) in [7, 11) is 3.40. The predicted octanol–water partition coefficient (Wildman–Crippen LogP) is 1.74. The van der Waals surface area contributed by atoms with Gasteiger partial charge >= 0.3 is 0 Å². The molecule has 0 N–H and O–H groups in total. The number of allylic oxidation sites excluding steroid dienone is 1. The third-order valence-corrected chi connectivity index (χ3v) is 1.90. The summed E-state index contributed by atoms with van der Waals surface area (Å²) in [5.74, 6) is 1.32. The fourth-order valence-electron chi connectivity index (χ4n) is 1.20. The van der Waals surface area contributed by atoms with Crippen molar-refractivity contribution >= 4 is 0 Å². The average Bonchev–Trinajstić information content (AvgIpc) is 2.04. The maximum Gasteiger partial charge on any atom is 0.115 e. The van der Waals surface area contributed by atoms with Crippen LogP contribution in [0.2, 0.25) is 0 Å². The normalized spacial score (nSPS) is 29.9. The van der Waals surface area contributed by atoms with Gasteiger partial charge in [0.1, 0.15) is 5.76 Å². The van der Waals surface area contributed by atoms with Crippen molar-refractivity contribution in [2.45, 2.75) is 13.0 Å². The molecule has 0 radical (unpaired) electrons. The van der Waals surface area contributed by atoms with E-state index >= 15 is 0 Å². The van der Waals surface area contributed by atoms with Crippen LogP contribution in [0.15, 0.2) is 24.0 Å². The SMILES string of the molecule is COC1=CC(C)C(OC)C=C1. The Balaban J connectivity index is 2.63. The highest BCUT2D eigenvalue weighted by Gasteiger charge is 2.15. The number of ether oxygens (including phenoxy) is 2. The topological polar surface area (TPSA) is 18.5 Å². The van der Waals surface area contributed by atoms with Crippen LogP contribution in [0.25, 0.3) is 0 Å². The Bertz CT molecular complexity index is 182. The van der Waals surface area contributed by atoms with Gasteiger partial charge in [0.25, 0.3) is 0 Å². The van der Waals surface area contributed by atoms with E-state index in [2.05, 4.69) is 13.0 Å². The van der Waals surface area contributed by atoms with Gasteiger partial charge in [-0.25, -0.2) is 0 Å². The molecule has 0 bridgehead atoms. The van der Waals surface area contributed by atoms with Gasteiger partial charge in [-0.3, -0.25) is 0 Å². The van der Waals surface area contributed by atoms with Crippen LogP contribution < -0.4 is 0 Å². The minimum absolute atomic E-state index is 0.203. The van der Waals surface area contributed by atoms with Crippen LogP contribution in [-0.4, -0.2) is 20.3 Å². The zero-order chi connectivity index (χ0) is 8.27. The Kier molecular flexibility index (Phi) is 2.71. The maximum absolute atomic E-state index is 5.21. The minimum atomic E-state index is 0.203. The van der Waals surface area contributed by atoms with Crippen LogP contribution in [-0.2, 0) is 9.47 Å².